The second-order valence-corrected chi connectivity index (χ2v) is 17.8. The van der Waals surface area contributed by atoms with Crippen LogP contribution in [-0.4, -0.2) is 97.8 Å². The molecule has 7 rings (SSSR count). The van der Waals surface area contributed by atoms with Gasteiger partial charge in [-0.2, -0.15) is 0 Å². The van der Waals surface area contributed by atoms with Gasteiger partial charge in [0.1, 0.15) is 11.4 Å². The van der Waals surface area contributed by atoms with E-state index in [1.165, 1.54) is 11.1 Å². The van der Waals surface area contributed by atoms with Crippen molar-refractivity contribution >= 4 is 39.5 Å². The molecular formula is C40H54ClN3O8S. The van der Waals surface area contributed by atoms with Crippen LogP contribution in [0, 0.1) is 17.8 Å². The van der Waals surface area contributed by atoms with Crippen molar-refractivity contribution in [3.63, 3.8) is 0 Å². The van der Waals surface area contributed by atoms with Crippen LogP contribution >= 0.6 is 11.6 Å². The molecule has 11 nitrogen and oxygen atoms in total. The molecule has 1 spiro atoms. The molecule has 1 amide bonds. The average molecular weight is 772 g/mol. The van der Waals surface area contributed by atoms with Crippen LogP contribution in [0.25, 0.3) is 0 Å². The highest BCUT2D eigenvalue weighted by molar-refractivity contribution is 7.90. The number of sulfonamides is 1. The number of allylic oxidation sites excluding steroid dienone is 1. The van der Waals surface area contributed by atoms with E-state index in [2.05, 4.69) is 27.1 Å². The molecular weight excluding hydrogens is 718 g/mol. The van der Waals surface area contributed by atoms with Gasteiger partial charge in [0.15, 0.2) is 6.29 Å². The SMILES string of the molecule is COC[C@H]1CNCCO1.CO[C@@]1(C=O)/C=C/C[C@H](C)[C@@H](C)S(=O)(=O)NC(=O)c2ccc3c(c2)N(C[C@@H]2CC[C@H]21)C[C@@]1(CCCc2cc(Cl)ccc21)CO3. The first-order chi connectivity index (χ1) is 25.4. The van der Waals surface area contributed by atoms with E-state index in [1.54, 1.807) is 39.3 Å². The molecule has 0 unspecified atom stereocenters. The molecule has 0 aromatic heterocycles. The van der Waals surface area contributed by atoms with Gasteiger partial charge in [-0.15, -0.1) is 0 Å². The molecule has 290 valence electrons. The number of hydrogen-bond acceptors (Lipinski definition) is 10. The lowest BCUT2D eigenvalue weighted by atomic mass is 9.64. The van der Waals surface area contributed by atoms with Gasteiger partial charge in [-0.05, 0) is 105 Å². The molecule has 2 bridgehead atoms. The van der Waals surface area contributed by atoms with E-state index >= 15 is 0 Å². The number of carbonyl (C=O) groups is 2. The lowest BCUT2D eigenvalue weighted by Gasteiger charge is -2.48. The van der Waals surface area contributed by atoms with Gasteiger partial charge in [0.05, 0.1) is 36.9 Å². The van der Waals surface area contributed by atoms with Crippen LogP contribution in [0.4, 0.5) is 5.69 Å². The Balaban J connectivity index is 0.000000468. The van der Waals surface area contributed by atoms with Gasteiger partial charge in [0, 0.05) is 62.3 Å². The van der Waals surface area contributed by atoms with Gasteiger partial charge in [0.25, 0.3) is 5.91 Å². The third-order valence-electron chi connectivity index (χ3n) is 12.1. The quantitative estimate of drug-likeness (QED) is 0.320. The lowest BCUT2D eigenvalue weighted by molar-refractivity contribution is -0.135. The predicted molar refractivity (Wildman–Crippen MR) is 205 cm³/mol. The number of hydrogen-bond donors (Lipinski definition) is 2. The second kappa shape index (κ2) is 16.8. The molecule has 3 aliphatic heterocycles. The van der Waals surface area contributed by atoms with E-state index in [4.69, 9.17) is 30.5 Å². The van der Waals surface area contributed by atoms with Crippen LogP contribution in [0.1, 0.15) is 67.4 Å². The Morgan fingerprint density at radius 3 is 2.66 bits per heavy atom. The highest BCUT2D eigenvalue weighted by Gasteiger charge is 2.49. The van der Waals surface area contributed by atoms with Gasteiger partial charge in [-0.3, -0.25) is 9.59 Å². The van der Waals surface area contributed by atoms with E-state index in [0.717, 1.165) is 63.8 Å². The van der Waals surface area contributed by atoms with E-state index in [0.29, 0.717) is 43.5 Å². The smallest absolute Gasteiger partial charge is 0.264 e. The van der Waals surface area contributed by atoms with Crippen molar-refractivity contribution in [1.29, 1.82) is 0 Å². The number of carbonyl (C=O) groups excluding carboxylic acids is 2. The average Bonchev–Trinajstić information content (AvgIpc) is 3.29. The van der Waals surface area contributed by atoms with Crippen molar-refractivity contribution in [3.8, 4) is 5.75 Å². The Kier molecular flexibility index (Phi) is 12.6. The molecule has 0 radical (unpaired) electrons. The standard InChI is InChI=1S/C34H41ClN2O6S.C6H13NO2/c1-22-6-4-15-34(20-38,42-3)29-11-8-26(29)18-37-19-33(14-5-7-24-16-27(35)10-12-28(24)33)21-43-31-13-9-25(17-30(31)37)32(39)36-44(40,41)23(22)2;1-8-5-6-4-7-2-3-9-6/h4,9-10,12-13,15-17,20,22-23,26,29H,5-8,11,14,18-19,21H2,1-3H3,(H,36,39);6-7H,2-5H2,1H3/b15-4+;/t22-,23+,26-,29+,33-,34+;6-/m01/s1. The fourth-order valence-electron chi connectivity index (χ4n) is 8.60. The largest absolute Gasteiger partial charge is 0.490 e. The number of ether oxygens (including phenoxy) is 4. The van der Waals surface area contributed by atoms with Crippen molar-refractivity contribution < 1.29 is 37.0 Å². The van der Waals surface area contributed by atoms with E-state index in [9.17, 15) is 18.0 Å². The molecule has 1 saturated heterocycles. The van der Waals surface area contributed by atoms with Crippen LogP contribution in [0.3, 0.4) is 0 Å². The summed E-state index contributed by atoms with van der Waals surface area (Å²) in [4.78, 5) is 28.4. The van der Waals surface area contributed by atoms with Crippen LogP contribution in [0.2, 0.25) is 5.02 Å². The van der Waals surface area contributed by atoms with Crippen LogP contribution in [-0.2, 0) is 40.9 Å². The van der Waals surface area contributed by atoms with Gasteiger partial charge >= 0.3 is 0 Å². The van der Waals surface area contributed by atoms with E-state index in [-0.39, 0.29) is 34.8 Å². The number of amides is 1. The molecule has 5 aliphatic rings. The first kappa shape index (κ1) is 39.7. The molecule has 3 heterocycles. The summed E-state index contributed by atoms with van der Waals surface area (Å²) in [5.41, 5.74) is 2.05. The molecule has 1 saturated carbocycles. The monoisotopic (exact) mass is 771 g/mol. The number of nitrogens with zero attached hydrogens (tertiary/aromatic N) is 1. The summed E-state index contributed by atoms with van der Waals surface area (Å²) in [6, 6.07) is 11.3. The number of aryl methyl sites for hydroxylation is 1. The highest BCUT2D eigenvalue weighted by atomic mass is 35.5. The molecule has 2 fully saturated rings. The normalized spacial score (nSPS) is 33.0. The van der Waals surface area contributed by atoms with Crippen molar-refractivity contribution in [1.82, 2.24) is 10.0 Å². The maximum absolute atomic E-state index is 13.4. The van der Waals surface area contributed by atoms with Gasteiger partial charge < -0.3 is 29.2 Å². The molecule has 2 aromatic rings. The zero-order valence-corrected chi connectivity index (χ0v) is 32.8. The number of anilines is 1. The zero-order chi connectivity index (χ0) is 37.8. The highest BCUT2D eigenvalue weighted by Crippen LogP contribution is 2.48. The molecule has 13 heteroatoms. The summed E-state index contributed by atoms with van der Waals surface area (Å²) in [7, 11) is -0.714. The fourth-order valence-corrected chi connectivity index (χ4v) is 10.1. The zero-order valence-electron chi connectivity index (χ0n) is 31.3. The lowest BCUT2D eigenvalue weighted by Crippen LogP contribution is -2.53. The minimum Gasteiger partial charge on any atom is -0.490 e. The number of nitrogens with one attached hydrogen (secondary N) is 2. The molecule has 7 atom stereocenters. The Labute approximate surface area is 319 Å². The van der Waals surface area contributed by atoms with Crippen molar-refractivity contribution in [3.05, 3.63) is 70.3 Å². The van der Waals surface area contributed by atoms with Gasteiger partial charge in [0.2, 0.25) is 10.0 Å². The number of benzene rings is 2. The Morgan fingerprint density at radius 2 is 1.96 bits per heavy atom. The Hall–Kier alpha value is -3.00. The molecule has 2 N–H and O–H groups in total. The maximum atomic E-state index is 13.4. The third-order valence-corrected chi connectivity index (χ3v) is 14.2. The Bertz CT molecular complexity index is 1770. The number of halogens is 1. The summed E-state index contributed by atoms with van der Waals surface area (Å²) in [6.07, 6.45) is 9.92. The van der Waals surface area contributed by atoms with Crippen molar-refractivity contribution in [2.45, 2.75) is 74.7 Å². The summed E-state index contributed by atoms with van der Waals surface area (Å²) >= 11 is 6.40. The van der Waals surface area contributed by atoms with Crippen LogP contribution in [0.15, 0.2) is 48.6 Å². The number of rotatable bonds is 4. The second-order valence-electron chi connectivity index (χ2n) is 15.4. The summed E-state index contributed by atoms with van der Waals surface area (Å²) in [6.45, 7) is 8.59. The first-order valence-electron chi connectivity index (χ1n) is 18.8. The number of methoxy groups -OCH3 is 2. The number of aldehydes is 1. The van der Waals surface area contributed by atoms with Crippen molar-refractivity contribution in [2.75, 3.05) is 65.1 Å². The molecule has 53 heavy (non-hydrogen) atoms. The Morgan fingerprint density at radius 1 is 1.13 bits per heavy atom. The summed E-state index contributed by atoms with van der Waals surface area (Å²) in [5, 5.41) is 3.09. The van der Waals surface area contributed by atoms with Crippen LogP contribution in [0.5, 0.6) is 5.75 Å². The van der Waals surface area contributed by atoms with E-state index in [1.807, 2.05) is 25.1 Å². The third kappa shape index (κ3) is 8.48. The van der Waals surface area contributed by atoms with E-state index < -0.39 is 26.8 Å². The van der Waals surface area contributed by atoms with Gasteiger partial charge in [-0.25, -0.2) is 13.1 Å². The van der Waals surface area contributed by atoms with Crippen LogP contribution < -0.4 is 19.7 Å². The minimum atomic E-state index is -3.97. The minimum absolute atomic E-state index is 0.0434. The summed E-state index contributed by atoms with van der Waals surface area (Å²) < 4.78 is 51.6. The predicted octanol–water partition coefficient (Wildman–Crippen LogP) is 5.09. The first-order valence-corrected chi connectivity index (χ1v) is 20.7. The van der Waals surface area contributed by atoms with Gasteiger partial charge in [-0.1, -0.05) is 30.7 Å². The summed E-state index contributed by atoms with van der Waals surface area (Å²) in [5.74, 6) is -0.203. The number of fused-ring (bicyclic) bond motifs is 4. The number of morpholine rings is 1. The van der Waals surface area contributed by atoms with Crippen molar-refractivity contribution in [2.24, 2.45) is 17.8 Å². The topological polar surface area (TPSA) is 132 Å². The molecule has 2 aromatic carbocycles. The fraction of sp³-hybridized carbons (Fsp3) is 0.600. The maximum Gasteiger partial charge on any atom is 0.264 e. The molecule has 2 aliphatic carbocycles.